The molecule has 0 saturated heterocycles. The van der Waals surface area contributed by atoms with Crippen molar-refractivity contribution in [1.29, 1.82) is 0 Å². The van der Waals surface area contributed by atoms with Gasteiger partial charge in [-0.1, -0.05) is 29.3 Å². The van der Waals surface area contributed by atoms with Gasteiger partial charge < -0.3 is 0 Å². The number of halogens is 2. The van der Waals surface area contributed by atoms with Gasteiger partial charge in [-0.25, -0.2) is 5.43 Å². The Kier molecular flexibility index (Phi) is 6.72. The van der Waals surface area contributed by atoms with Crippen molar-refractivity contribution in [3.05, 3.63) is 58.8 Å². The van der Waals surface area contributed by atoms with E-state index >= 15 is 0 Å². The topological polar surface area (TPSA) is 69.7 Å². The minimum Gasteiger partial charge on any atom is -0.278 e. The van der Waals surface area contributed by atoms with E-state index in [0.29, 0.717) is 21.4 Å². The Bertz CT molecular complexity index is 762. The maximum Gasteiger partial charge on any atom is 0.305 e. The van der Waals surface area contributed by atoms with Gasteiger partial charge in [0.05, 0.1) is 27.7 Å². The maximum absolute atomic E-state index is 11.8. The number of anilines is 1. The molecule has 124 valence electrons. The Morgan fingerprint density at radius 3 is 2.67 bits per heavy atom. The molecule has 1 heterocycles. The third-order valence-electron chi connectivity index (χ3n) is 2.83. The lowest BCUT2D eigenvalue weighted by Crippen LogP contribution is -2.41. The molecule has 1 aromatic carbocycles. The molecule has 1 aromatic heterocycles. The first kappa shape index (κ1) is 17.9. The highest BCUT2D eigenvalue weighted by molar-refractivity contribution is 6.42. The highest BCUT2D eigenvalue weighted by atomic mass is 35.5. The number of amides is 1. The summed E-state index contributed by atoms with van der Waals surface area (Å²) in [4.78, 5) is 11.8. The Morgan fingerprint density at radius 2 is 1.96 bits per heavy atom. The average Bonchev–Trinajstić information content (AvgIpc) is 2.57. The van der Waals surface area contributed by atoms with Crippen LogP contribution in [0.1, 0.15) is 6.92 Å². The van der Waals surface area contributed by atoms with E-state index in [2.05, 4.69) is 21.1 Å². The van der Waals surface area contributed by atoms with E-state index in [0.717, 1.165) is 0 Å². The van der Waals surface area contributed by atoms with E-state index in [1.807, 2.05) is 18.2 Å². The summed E-state index contributed by atoms with van der Waals surface area (Å²) in [6, 6.07) is 10.7. The first-order chi connectivity index (χ1) is 11.5. The normalized spacial score (nSPS) is 11.5. The van der Waals surface area contributed by atoms with E-state index in [9.17, 15) is 4.79 Å². The zero-order valence-electron chi connectivity index (χ0n) is 12.9. The summed E-state index contributed by atoms with van der Waals surface area (Å²) in [6.07, 6.45) is 5.09. The first-order valence-electron chi connectivity index (χ1n) is 7.06. The summed E-state index contributed by atoms with van der Waals surface area (Å²) in [7, 11) is 0. The molecule has 6 nitrogen and oxygen atoms in total. The molecule has 24 heavy (non-hydrogen) atoms. The van der Waals surface area contributed by atoms with Gasteiger partial charge >= 0.3 is 5.91 Å². The summed E-state index contributed by atoms with van der Waals surface area (Å²) in [6.45, 7) is 1.91. The monoisotopic (exact) mass is 364 g/mol. The predicted molar refractivity (Wildman–Crippen MR) is 96.5 cm³/mol. The molecule has 0 spiro atoms. The fourth-order valence-corrected chi connectivity index (χ4v) is 1.98. The number of benzene rings is 1. The molecule has 8 heteroatoms. The van der Waals surface area contributed by atoms with Crippen LogP contribution < -0.4 is 15.4 Å². The molecular formula is C16H16Cl2N5O+. The fraction of sp³-hybridized carbons (Fsp3) is 0.125. The number of rotatable bonds is 6. The van der Waals surface area contributed by atoms with Gasteiger partial charge in [-0.05, 0) is 25.1 Å². The van der Waals surface area contributed by atoms with Gasteiger partial charge in [0, 0.05) is 12.1 Å². The molecule has 2 N–H and O–H groups in total. The lowest BCUT2D eigenvalue weighted by molar-refractivity contribution is -0.684. The molecule has 2 aromatic rings. The van der Waals surface area contributed by atoms with Crippen molar-refractivity contribution in [2.75, 3.05) is 5.43 Å². The quantitative estimate of drug-likeness (QED) is 0.470. The molecule has 0 bridgehead atoms. The van der Waals surface area contributed by atoms with E-state index in [4.69, 9.17) is 23.2 Å². The van der Waals surface area contributed by atoms with Crippen molar-refractivity contribution in [3.8, 4) is 0 Å². The Labute approximate surface area is 149 Å². The summed E-state index contributed by atoms with van der Waals surface area (Å²) in [5.41, 5.74) is 6.50. The number of nitrogens with one attached hydrogen (secondary N) is 2. The van der Waals surface area contributed by atoms with Gasteiger partial charge in [-0.15, -0.1) is 0 Å². The molecule has 0 radical (unpaired) electrons. The van der Waals surface area contributed by atoms with Crippen LogP contribution >= 0.6 is 23.2 Å². The van der Waals surface area contributed by atoms with E-state index in [1.165, 1.54) is 6.21 Å². The highest BCUT2D eigenvalue weighted by Crippen LogP contribution is 2.24. The molecule has 0 aliphatic heterocycles. The third kappa shape index (κ3) is 5.98. The lowest BCUT2D eigenvalue weighted by Gasteiger charge is -2.01. The molecule has 0 aliphatic carbocycles. The SMILES string of the molecule is CC(C=NNc1ccc(Cl)c(Cl)c1)=NNC(=O)C[n+]1ccccc1. The van der Waals surface area contributed by atoms with Crippen molar-refractivity contribution >= 4 is 46.7 Å². The number of hydrogen-bond acceptors (Lipinski definition) is 4. The molecule has 0 fully saturated rings. The lowest BCUT2D eigenvalue weighted by atomic mass is 10.3. The maximum atomic E-state index is 11.8. The van der Waals surface area contributed by atoms with Crippen LogP contribution in [0.4, 0.5) is 5.69 Å². The molecule has 0 aliphatic rings. The predicted octanol–water partition coefficient (Wildman–Crippen LogP) is 2.87. The van der Waals surface area contributed by atoms with Crippen LogP contribution in [0.2, 0.25) is 10.0 Å². The number of carbonyl (C=O) groups excluding carboxylic acids is 1. The van der Waals surface area contributed by atoms with E-state index in [1.54, 1.807) is 42.1 Å². The third-order valence-corrected chi connectivity index (χ3v) is 3.56. The minimum atomic E-state index is -0.226. The van der Waals surface area contributed by atoms with Gasteiger partial charge in [0.2, 0.25) is 6.54 Å². The number of pyridine rings is 1. The number of nitrogens with zero attached hydrogens (tertiary/aromatic N) is 3. The second-order valence-corrected chi connectivity index (χ2v) is 5.65. The second-order valence-electron chi connectivity index (χ2n) is 4.83. The van der Waals surface area contributed by atoms with Crippen LogP contribution in [0.5, 0.6) is 0 Å². The van der Waals surface area contributed by atoms with E-state index < -0.39 is 0 Å². The van der Waals surface area contributed by atoms with Gasteiger partial charge in [0.15, 0.2) is 12.4 Å². The number of carbonyl (C=O) groups is 1. The van der Waals surface area contributed by atoms with Crippen molar-refractivity contribution in [3.63, 3.8) is 0 Å². The Hall–Kier alpha value is -2.44. The first-order valence-corrected chi connectivity index (χ1v) is 7.81. The summed E-state index contributed by atoms with van der Waals surface area (Å²) < 4.78 is 1.75. The van der Waals surface area contributed by atoms with Crippen LogP contribution in [0.3, 0.4) is 0 Å². The Morgan fingerprint density at radius 1 is 1.21 bits per heavy atom. The second kappa shape index (κ2) is 9.00. The van der Waals surface area contributed by atoms with Crippen molar-refractivity contribution in [2.24, 2.45) is 10.2 Å². The van der Waals surface area contributed by atoms with Crippen molar-refractivity contribution in [1.82, 2.24) is 5.43 Å². The largest absolute Gasteiger partial charge is 0.305 e. The molecule has 0 saturated carbocycles. The Balaban J connectivity index is 1.82. The molecule has 0 atom stereocenters. The number of aromatic nitrogens is 1. The summed E-state index contributed by atoms with van der Waals surface area (Å²) in [5, 5.41) is 8.87. The number of hydrazone groups is 2. The highest BCUT2D eigenvalue weighted by Gasteiger charge is 2.06. The number of hydrogen-bond donors (Lipinski definition) is 2. The van der Waals surface area contributed by atoms with Crippen LogP contribution in [0, 0.1) is 0 Å². The zero-order chi connectivity index (χ0) is 17.4. The molecule has 1 amide bonds. The average molecular weight is 365 g/mol. The van der Waals surface area contributed by atoms with Gasteiger partial charge in [-0.3, -0.25) is 10.2 Å². The molecule has 2 rings (SSSR count). The zero-order valence-corrected chi connectivity index (χ0v) is 14.4. The molecular weight excluding hydrogens is 349 g/mol. The van der Waals surface area contributed by atoms with Gasteiger partial charge in [-0.2, -0.15) is 14.8 Å². The fourth-order valence-electron chi connectivity index (χ4n) is 1.69. The van der Waals surface area contributed by atoms with Crippen molar-refractivity contribution in [2.45, 2.75) is 13.5 Å². The van der Waals surface area contributed by atoms with Gasteiger partial charge in [0.25, 0.3) is 0 Å². The standard InChI is InChI=1S/C16H15Cl2N5O/c1-12(10-19-21-13-5-6-14(17)15(18)9-13)20-22-16(24)11-23-7-3-2-4-8-23/h2-10H,11H2,1H3,(H-,19,20,21,22,24)/p+1. The van der Waals surface area contributed by atoms with Crippen LogP contribution in [0.25, 0.3) is 0 Å². The van der Waals surface area contributed by atoms with Crippen LogP contribution in [-0.2, 0) is 11.3 Å². The van der Waals surface area contributed by atoms with Crippen LogP contribution in [-0.4, -0.2) is 17.8 Å². The van der Waals surface area contributed by atoms with Gasteiger partial charge in [0.1, 0.15) is 0 Å². The smallest absolute Gasteiger partial charge is 0.278 e. The summed E-state index contributed by atoms with van der Waals surface area (Å²) in [5.74, 6) is -0.226. The van der Waals surface area contributed by atoms with Crippen LogP contribution in [0.15, 0.2) is 59.0 Å². The minimum absolute atomic E-state index is 0.191. The molecule has 0 unspecified atom stereocenters. The van der Waals surface area contributed by atoms with E-state index in [-0.39, 0.29) is 12.5 Å². The summed E-state index contributed by atoms with van der Waals surface area (Å²) >= 11 is 11.7. The van der Waals surface area contributed by atoms with Crippen molar-refractivity contribution < 1.29 is 9.36 Å².